The van der Waals surface area contributed by atoms with Crippen LogP contribution < -0.4 is 9.47 Å². The molecule has 0 saturated carbocycles. The van der Waals surface area contributed by atoms with Crippen molar-refractivity contribution in [3.05, 3.63) is 23.8 Å². The van der Waals surface area contributed by atoms with Crippen molar-refractivity contribution in [1.82, 2.24) is 0 Å². The molecule has 0 aliphatic rings. The highest BCUT2D eigenvalue weighted by Gasteiger charge is 2.07. The van der Waals surface area contributed by atoms with Gasteiger partial charge in [0.2, 0.25) is 0 Å². The van der Waals surface area contributed by atoms with Gasteiger partial charge in [-0.3, -0.25) is 0 Å². The van der Waals surface area contributed by atoms with Gasteiger partial charge >= 0.3 is 5.97 Å². The highest BCUT2D eigenvalue weighted by molar-refractivity contribution is 5.71. The lowest BCUT2D eigenvalue weighted by Crippen LogP contribution is -2.15. The molecule has 0 amide bonds. The molecule has 0 radical (unpaired) electrons. The molecular formula is C23H38O5. The Hall–Kier alpha value is -1.75. The molecule has 0 atom stereocenters. The summed E-state index contributed by atoms with van der Waals surface area (Å²) < 4.78 is 16.4. The van der Waals surface area contributed by atoms with Crippen molar-refractivity contribution in [1.29, 1.82) is 0 Å². The zero-order valence-corrected chi connectivity index (χ0v) is 17.7. The van der Waals surface area contributed by atoms with E-state index in [2.05, 4.69) is 6.92 Å². The first-order valence-electron chi connectivity index (χ1n) is 10.9. The van der Waals surface area contributed by atoms with Crippen LogP contribution in [0.2, 0.25) is 0 Å². The summed E-state index contributed by atoms with van der Waals surface area (Å²) in [4.78, 5) is 11.7. The van der Waals surface area contributed by atoms with E-state index in [0.717, 1.165) is 19.3 Å². The maximum atomic E-state index is 11.7. The van der Waals surface area contributed by atoms with Crippen LogP contribution in [0.25, 0.3) is 0 Å². The summed E-state index contributed by atoms with van der Waals surface area (Å²) in [7, 11) is 0. The zero-order valence-electron chi connectivity index (χ0n) is 17.7. The van der Waals surface area contributed by atoms with Crippen LogP contribution >= 0.6 is 0 Å². The SMILES string of the molecule is CCCCCCCCCCOc1cc(CO)cc(OCC(=O)OCCCC)c1. The van der Waals surface area contributed by atoms with E-state index in [4.69, 9.17) is 14.2 Å². The third-order valence-corrected chi connectivity index (χ3v) is 4.51. The van der Waals surface area contributed by atoms with Crippen molar-refractivity contribution >= 4 is 5.97 Å². The third kappa shape index (κ3) is 11.9. The van der Waals surface area contributed by atoms with E-state index < -0.39 is 0 Å². The Morgan fingerprint density at radius 2 is 1.39 bits per heavy atom. The number of aliphatic hydroxyl groups excluding tert-OH is 1. The average molecular weight is 395 g/mol. The third-order valence-electron chi connectivity index (χ3n) is 4.51. The van der Waals surface area contributed by atoms with Crippen LogP contribution in [0.1, 0.15) is 83.6 Å². The average Bonchev–Trinajstić information content (AvgIpc) is 2.71. The van der Waals surface area contributed by atoms with Crippen LogP contribution in [0.5, 0.6) is 11.5 Å². The maximum absolute atomic E-state index is 11.7. The van der Waals surface area contributed by atoms with E-state index in [0.29, 0.717) is 30.3 Å². The van der Waals surface area contributed by atoms with Gasteiger partial charge in [-0.15, -0.1) is 0 Å². The molecule has 1 rings (SSSR count). The molecule has 0 aromatic heterocycles. The van der Waals surface area contributed by atoms with Crippen molar-refractivity contribution in [2.75, 3.05) is 19.8 Å². The summed E-state index contributed by atoms with van der Waals surface area (Å²) in [5.41, 5.74) is 0.697. The van der Waals surface area contributed by atoms with Gasteiger partial charge in [0.05, 0.1) is 19.8 Å². The summed E-state index contributed by atoms with van der Waals surface area (Å²) in [6.45, 7) is 5.09. The predicted octanol–water partition coefficient (Wildman–Crippen LogP) is 5.42. The summed E-state index contributed by atoms with van der Waals surface area (Å²) in [6, 6.07) is 5.27. The van der Waals surface area contributed by atoms with Crippen molar-refractivity contribution in [3.63, 3.8) is 0 Å². The smallest absolute Gasteiger partial charge is 0.344 e. The molecule has 0 aliphatic heterocycles. The fourth-order valence-corrected chi connectivity index (χ4v) is 2.83. The molecule has 0 fully saturated rings. The number of rotatable bonds is 17. The molecule has 5 heteroatoms. The van der Waals surface area contributed by atoms with E-state index in [9.17, 15) is 9.90 Å². The first-order valence-corrected chi connectivity index (χ1v) is 10.9. The lowest BCUT2D eigenvalue weighted by molar-refractivity contribution is -0.146. The Balaban J connectivity index is 2.31. The Morgan fingerprint density at radius 3 is 2.04 bits per heavy atom. The summed E-state index contributed by atoms with van der Waals surface area (Å²) in [6.07, 6.45) is 11.8. The van der Waals surface area contributed by atoms with E-state index in [-0.39, 0.29) is 19.2 Å². The largest absolute Gasteiger partial charge is 0.493 e. The molecular weight excluding hydrogens is 356 g/mol. The van der Waals surface area contributed by atoms with Crippen molar-refractivity contribution in [3.8, 4) is 11.5 Å². The number of carbonyl (C=O) groups excluding carboxylic acids is 1. The molecule has 5 nitrogen and oxygen atoms in total. The lowest BCUT2D eigenvalue weighted by atomic mass is 10.1. The van der Waals surface area contributed by atoms with Crippen molar-refractivity contribution in [2.45, 2.75) is 84.7 Å². The minimum atomic E-state index is -0.385. The fraction of sp³-hybridized carbons (Fsp3) is 0.696. The minimum absolute atomic E-state index is 0.105. The molecule has 0 unspecified atom stereocenters. The fourth-order valence-electron chi connectivity index (χ4n) is 2.83. The first kappa shape index (κ1) is 24.3. The van der Waals surface area contributed by atoms with Crippen LogP contribution in [-0.4, -0.2) is 30.9 Å². The van der Waals surface area contributed by atoms with Crippen LogP contribution in [0.4, 0.5) is 0 Å². The van der Waals surface area contributed by atoms with Gasteiger partial charge in [0, 0.05) is 6.07 Å². The zero-order chi connectivity index (χ0) is 20.5. The van der Waals surface area contributed by atoms with Crippen LogP contribution in [0, 0.1) is 0 Å². The van der Waals surface area contributed by atoms with Gasteiger partial charge in [-0.2, -0.15) is 0 Å². The maximum Gasteiger partial charge on any atom is 0.344 e. The second-order valence-electron chi connectivity index (χ2n) is 7.16. The van der Waals surface area contributed by atoms with Gasteiger partial charge in [0.15, 0.2) is 6.61 Å². The lowest BCUT2D eigenvalue weighted by Gasteiger charge is -2.12. The molecule has 0 bridgehead atoms. The van der Waals surface area contributed by atoms with Gasteiger partial charge in [0.25, 0.3) is 0 Å². The molecule has 1 aromatic carbocycles. The molecule has 160 valence electrons. The van der Waals surface area contributed by atoms with Gasteiger partial charge in [0.1, 0.15) is 11.5 Å². The van der Waals surface area contributed by atoms with E-state index in [1.807, 2.05) is 6.92 Å². The molecule has 0 heterocycles. The normalized spacial score (nSPS) is 10.7. The van der Waals surface area contributed by atoms with Crippen LogP contribution in [0.3, 0.4) is 0 Å². The van der Waals surface area contributed by atoms with E-state index in [1.54, 1.807) is 18.2 Å². The predicted molar refractivity (Wildman–Crippen MR) is 112 cm³/mol. The molecule has 1 aromatic rings. The summed E-state index contributed by atoms with van der Waals surface area (Å²) in [5, 5.41) is 9.43. The Morgan fingerprint density at radius 1 is 0.786 bits per heavy atom. The van der Waals surface area contributed by atoms with Crippen molar-refractivity contribution in [2.24, 2.45) is 0 Å². The molecule has 28 heavy (non-hydrogen) atoms. The second kappa shape index (κ2) is 16.2. The van der Waals surface area contributed by atoms with Gasteiger partial charge in [-0.25, -0.2) is 4.79 Å². The number of carbonyl (C=O) groups is 1. The number of benzene rings is 1. The topological polar surface area (TPSA) is 65.0 Å². The number of hydrogen-bond acceptors (Lipinski definition) is 5. The van der Waals surface area contributed by atoms with Gasteiger partial charge in [-0.1, -0.05) is 65.2 Å². The highest BCUT2D eigenvalue weighted by atomic mass is 16.6. The Kier molecular flexibility index (Phi) is 14.1. The molecule has 0 saturated heterocycles. The van der Waals surface area contributed by atoms with Crippen molar-refractivity contribution < 1.29 is 24.1 Å². The molecule has 0 spiro atoms. The van der Waals surface area contributed by atoms with Gasteiger partial charge < -0.3 is 19.3 Å². The van der Waals surface area contributed by atoms with Gasteiger partial charge in [-0.05, 0) is 30.5 Å². The highest BCUT2D eigenvalue weighted by Crippen LogP contribution is 2.23. The number of unbranched alkanes of at least 4 members (excludes halogenated alkanes) is 8. The number of aliphatic hydroxyl groups is 1. The summed E-state index contributed by atoms with van der Waals surface area (Å²) >= 11 is 0. The number of esters is 1. The molecule has 0 aliphatic carbocycles. The van der Waals surface area contributed by atoms with Crippen LogP contribution in [-0.2, 0) is 16.1 Å². The number of hydrogen-bond donors (Lipinski definition) is 1. The Bertz CT molecular complexity index is 530. The van der Waals surface area contributed by atoms with E-state index >= 15 is 0 Å². The summed E-state index contributed by atoms with van der Waals surface area (Å²) in [5.74, 6) is 0.776. The quantitative estimate of drug-likeness (QED) is 0.282. The van der Waals surface area contributed by atoms with E-state index in [1.165, 1.54) is 44.9 Å². The standard InChI is InChI=1S/C23H38O5/c1-3-5-7-8-9-10-11-12-14-26-21-15-20(18-24)16-22(17-21)28-19-23(25)27-13-6-4-2/h15-17,24H,3-14,18-19H2,1-2H3. The Labute approximate surface area is 170 Å². The molecule has 1 N–H and O–H groups in total. The second-order valence-corrected chi connectivity index (χ2v) is 7.16. The number of ether oxygens (including phenoxy) is 3. The monoisotopic (exact) mass is 394 g/mol. The van der Waals surface area contributed by atoms with Crippen LogP contribution in [0.15, 0.2) is 18.2 Å². The minimum Gasteiger partial charge on any atom is -0.493 e. The first-order chi connectivity index (χ1) is 13.7.